The molecule has 0 heterocycles. The summed E-state index contributed by atoms with van der Waals surface area (Å²) < 4.78 is 10.7. The first kappa shape index (κ1) is 25.0. The van der Waals surface area contributed by atoms with E-state index in [2.05, 4.69) is 23.6 Å². The van der Waals surface area contributed by atoms with Crippen LogP contribution in [0.2, 0.25) is 0 Å². The third kappa shape index (κ3) is 5.43. The van der Waals surface area contributed by atoms with E-state index in [-0.39, 0.29) is 29.8 Å². The van der Waals surface area contributed by atoms with Crippen molar-refractivity contribution >= 4 is 11.8 Å². The van der Waals surface area contributed by atoms with Crippen molar-refractivity contribution in [2.75, 3.05) is 20.8 Å². The maximum atomic E-state index is 13.5. The van der Waals surface area contributed by atoms with Crippen LogP contribution >= 0.6 is 0 Å². The van der Waals surface area contributed by atoms with Gasteiger partial charge in [-0.3, -0.25) is 9.59 Å². The molecule has 4 rings (SSSR count). The third-order valence-corrected chi connectivity index (χ3v) is 7.43. The van der Waals surface area contributed by atoms with Gasteiger partial charge < -0.3 is 20.1 Å². The zero-order valence-electron chi connectivity index (χ0n) is 20.9. The van der Waals surface area contributed by atoms with E-state index in [1.54, 1.807) is 14.2 Å². The summed E-state index contributed by atoms with van der Waals surface area (Å²) in [4.78, 5) is 26.6. The number of hydrogen-bond acceptors (Lipinski definition) is 4. The molecule has 2 aliphatic rings. The van der Waals surface area contributed by atoms with Gasteiger partial charge in [-0.1, -0.05) is 55.5 Å². The summed E-state index contributed by atoms with van der Waals surface area (Å²) in [6.07, 6.45) is 7.56. The quantitative estimate of drug-likeness (QED) is 0.497. The van der Waals surface area contributed by atoms with Gasteiger partial charge in [0, 0.05) is 13.5 Å². The van der Waals surface area contributed by atoms with Crippen molar-refractivity contribution < 1.29 is 19.1 Å². The fourth-order valence-electron chi connectivity index (χ4n) is 5.42. The van der Waals surface area contributed by atoms with Crippen molar-refractivity contribution in [1.82, 2.24) is 10.6 Å². The number of carbonyl (C=O) groups is 2. The van der Waals surface area contributed by atoms with Crippen molar-refractivity contribution in [1.29, 1.82) is 0 Å². The molecule has 0 saturated carbocycles. The second kappa shape index (κ2) is 11.1. The number of methoxy groups -OCH3 is 2. The number of amides is 2. The Labute approximate surface area is 208 Å². The molecule has 2 amide bonds. The van der Waals surface area contributed by atoms with Crippen LogP contribution in [0, 0.1) is 5.41 Å². The lowest BCUT2D eigenvalue weighted by molar-refractivity contribution is -0.132. The molecule has 2 N–H and O–H groups in total. The molecule has 0 saturated heterocycles. The average Bonchev–Trinajstić information content (AvgIpc) is 3.48. The molecule has 186 valence electrons. The van der Waals surface area contributed by atoms with E-state index >= 15 is 0 Å². The Hall–Kier alpha value is -3.12. The molecule has 35 heavy (non-hydrogen) atoms. The minimum atomic E-state index is -0.650. The van der Waals surface area contributed by atoms with Gasteiger partial charge in [0.1, 0.15) is 5.75 Å². The highest BCUT2D eigenvalue weighted by Gasteiger charge is 2.42. The Balaban J connectivity index is 1.48. The van der Waals surface area contributed by atoms with E-state index < -0.39 is 5.41 Å². The highest BCUT2D eigenvalue weighted by Crippen LogP contribution is 2.37. The molecule has 2 unspecified atom stereocenters. The van der Waals surface area contributed by atoms with Gasteiger partial charge >= 0.3 is 0 Å². The molecule has 0 aromatic heterocycles. The van der Waals surface area contributed by atoms with Crippen LogP contribution in [-0.4, -0.2) is 38.7 Å². The highest BCUT2D eigenvalue weighted by atomic mass is 16.5. The van der Waals surface area contributed by atoms with E-state index in [9.17, 15) is 9.59 Å². The Kier molecular flexibility index (Phi) is 7.91. The standard InChI is InChI=1S/C29H36N2O4/c1-4-20(21-11-13-23(35-3)14-12-21)18-26(32)30-25-17-22-9-5-6-10-24(22)27(25)31-28(33)29(19-34-2)15-7-8-16-29/h5-7,9-15,20,25,27H,4,8,16-19H2,1-3H3,(H,30,32)(H,31,33)/t20?,25-,27-,29?/m1/s1. The third-order valence-electron chi connectivity index (χ3n) is 7.43. The molecule has 6 nitrogen and oxygen atoms in total. The fraction of sp³-hybridized carbons (Fsp3) is 0.448. The first-order valence-corrected chi connectivity index (χ1v) is 12.5. The first-order valence-electron chi connectivity index (χ1n) is 12.5. The second-order valence-corrected chi connectivity index (χ2v) is 9.64. The lowest BCUT2D eigenvalue weighted by Gasteiger charge is -2.30. The number of carbonyl (C=O) groups excluding carboxylic acids is 2. The first-order chi connectivity index (χ1) is 17.0. The van der Waals surface area contributed by atoms with E-state index in [1.165, 1.54) is 0 Å². The summed E-state index contributed by atoms with van der Waals surface area (Å²) in [5, 5.41) is 6.52. The Morgan fingerprint density at radius 1 is 1.09 bits per heavy atom. The normalized spacial score (nSPS) is 23.5. The molecule has 0 bridgehead atoms. The lowest BCUT2D eigenvalue weighted by Crippen LogP contribution is -2.49. The maximum Gasteiger partial charge on any atom is 0.232 e. The molecule has 2 aromatic rings. The van der Waals surface area contributed by atoms with Crippen LogP contribution in [-0.2, 0) is 20.7 Å². The van der Waals surface area contributed by atoms with Crippen LogP contribution in [0.3, 0.4) is 0 Å². The topological polar surface area (TPSA) is 76.7 Å². The van der Waals surface area contributed by atoms with Crippen LogP contribution in [0.5, 0.6) is 5.75 Å². The predicted molar refractivity (Wildman–Crippen MR) is 136 cm³/mol. The zero-order chi connectivity index (χ0) is 24.8. The van der Waals surface area contributed by atoms with Gasteiger partial charge in [0.25, 0.3) is 0 Å². The van der Waals surface area contributed by atoms with Gasteiger partial charge in [0.05, 0.1) is 31.2 Å². The van der Waals surface area contributed by atoms with Crippen molar-refractivity contribution in [3.05, 3.63) is 77.4 Å². The molecule has 6 heteroatoms. The van der Waals surface area contributed by atoms with Gasteiger partial charge in [0.15, 0.2) is 0 Å². The number of rotatable bonds is 10. The molecule has 0 radical (unpaired) electrons. The smallest absolute Gasteiger partial charge is 0.232 e. The maximum absolute atomic E-state index is 13.5. The van der Waals surface area contributed by atoms with E-state index in [1.807, 2.05) is 54.6 Å². The molecule has 0 spiro atoms. The Bertz CT molecular complexity index is 1060. The summed E-state index contributed by atoms with van der Waals surface area (Å²) in [5.41, 5.74) is 2.70. The SMILES string of the molecule is CCC(CC(=O)N[C@@H]1Cc2ccccc2[C@H]1NC(=O)C1(COC)C=CCC1)c1ccc(OC)cc1. The predicted octanol–water partition coefficient (Wildman–Crippen LogP) is 4.46. The minimum Gasteiger partial charge on any atom is -0.497 e. The van der Waals surface area contributed by atoms with Crippen molar-refractivity contribution in [3.8, 4) is 5.75 Å². The van der Waals surface area contributed by atoms with Crippen LogP contribution in [0.15, 0.2) is 60.7 Å². The highest BCUT2D eigenvalue weighted by molar-refractivity contribution is 5.86. The average molecular weight is 477 g/mol. The number of ether oxygens (including phenoxy) is 2. The monoisotopic (exact) mass is 476 g/mol. The zero-order valence-corrected chi connectivity index (χ0v) is 20.9. The lowest BCUT2D eigenvalue weighted by atomic mass is 9.86. The van der Waals surface area contributed by atoms with Crippen molar-refractivity contribution in [3.63, 3.8) is 0 Å². The summed E-state index contributed by atoms with van der Waals surface area (Å²) in [7, 11) is 3.27. The summed E-state index contributed by atoms with van der Waals surface area (Å²) in [6, 6.07) is 15.6. The molecular formula is C29H36N2O4. The Morgan fingerprint density at radius 3 is 2.51 bits per heavy atom. The summed E-state index contributed by atoms with van der Waals surface area (Å²) in [5.74, 6) is 0.876. The van der Waals surface area contributed by atoms with E-state index in [0.29, 0.717) is 19.4 Å². The Morgan fingerprint density at radius 2 is 1.86 bits per heavy atom. The molecule has 2 aromatic carbocycles. The summed E-state index contributed by atoms with van der Waals surface area (Å²) >= 11 is 0. The molecule has 0 fully saturated rings. The molecule has 4 atom stereocenters. The van der Waals surface area contributed by atoms with E-state index in [0.717, 1.165) is 41.7 Å². The van der Waals surface area contributed by atoms with E-state index in [4.69, 9.17) is 9.47 Å². The minimum absolute atomic E-state index is 0.00269. The number of fused-ring (bicyclic) bond motifs is 1. The van der Waals surface area contributed by atoms with Crippen LogP contribution in [0.1, 0.15) is 61.3 Å². The van der Waals surface area contributed by atoms with Gasteiger partial charge in [0.2, 0.25) is 11.8 Å². The van der Waals surface area contributed by atoms with Crippen LogP contribution in [0.25, 0.3) is 0 Å². The van der Waals surface area contributed by atoms with Gasteiger partial charge in [-0.05, 0) is 60.4 Å². The molecule has 2 aliphatic carbocycles. The van der Waals surface area contributed by atoms with Crippen molar-refractivity contribution in [2.24, 2.45) is 5.41 Å². The van der Waals surface area contributed by atoms with Crippen LogP contribution < -0.4 is 15.4 Å². The summed E-state index contributed by atoms with van der Waals surface area (Å²) in [6.45, 7) is 2.45. The number of hydrogen-bond donors (Lipinski definition) is 2. The van der Waals surface area contributed by atoms with Gasteiger partial charge in [-0.25, -0.2) is 0 Å². The number of nitrogens with one attached hydrogen (secondary N) is 2. The largest absolute Gasteiger partial charge is 0.497 e. The van der Waals surface area contributed by atoms with Gasteiger partial charge in [-0.15, -0.1) is 0 Å². The molecule has 0 aliphatic heterocycles. The van der Waals surface area contributed by atoms with Gasteiger partial charge in [-0.2, -0.15) is 0 Å². The number of allylic oxidation sites excluding steroid dienone is 1. The molecular weight excluding hydrogens is 440 g/mol. The fourth-order valence-corrected chi connectivity index (χ4v) is 5.42. The van der Waals surface area contributed by atoms with Crippen molar-refractivity contribution in [2.45, 2.75) is 57.0 Å². The second-order valence-electron chi connectivity index (χ2n) is 9.64. The van der Waals surface area contributed by atoms with Crippen LogP contribution in [0.4, 0.5) is 0 Å². The number of benzene rings is 2.